The number of halogens is 1. The average Bonchev–Trinajstić information content (AvgIpc) is 2.79. The fourth-order valence-corrected chi connectivity index (χ4v) is 2.65. The van der Waals surface area contributed by atoms with Gasteiger partial charge in [-0.3, -0.25) is 9.48 Å². The van der Waals surface area contributed by atoms with Crippen molar-refractivity contribution >= 4 is 45.1 Å². The zero-order valence-electron chi connectivity index (χ0n) is 10.8. The molecule has 1 N–H and O–H groups in total. The normalized spacial score (nSPS) is 10.7. The minimum absolute atomic E-state index is 0.189. The van der Waals surface area contributed by atoms with Gasteiger partial charge in [0, 0.05) is 16.0 Å². The van der Waals surface area contributed by atoms with Gasteiger partial charge in [0.15, 0.2) is 5.69 Å². The van der Waals surface area contributed by atoms with E-state index in [9.17, 15) is 4.79 Å². The van der Waals surface area contributed by atoms with Crippen molar-refractivity contribution < 1.29 is 4.79 Å². The Morgan fingerprint density at radius 2 is 1.85 bits per heavy atom. The van der Waals surface area contributed by atoms with Crippen LogP contribution in [0.2, 0.25) is 0 Å². The molecule has 0 unspecified atom stereocenters. The van der Waals surface area contributed by atoms with Gasteiger partial charge >= 0.3 is 0 Å². The fourth-order valence-electron chi connectivity index (χ4n) is 2.13. The molecule has 0 atom stereocenters. The van der Waals surface area contributed by atoms with Crippen LogP contribution in [0.5, 0.6) is 0 Å². The molecule has 5 heteroatoms. The maximum atomic E-state index is 12.4. The van der Waals surface area contributed by atoms with Crippen molar-refractivity contribution in [2.75, 3.05) is 5.32 Å². The number of aromatic nitrogens is 2. The summed E-state index contributed by atoms with van der Waals surface area (Å²) in [6.07, 6.45) is 0. The van der Waals surface area contributed by atoms with Crippen LogP contribution >= 0.6 is 22.6 Å². The van der Waals surface area contributed by atoms with Crippen molar-refractivity contribution in [3.05, 3.63) is 57.8 Å². The smallest absolute Gasteiger partial charge is 0.276 e. The second-order valence-electron chi connectivity index (χ2n) is 4.42. The number of para-hydroxylation sites is 2. The molecule has 0 fully saturated rings. The Hall–Kier alpha value is -1.89. The van der Waals surface area contributed by atoms with E-state index < -0.39 is 0 Å². The molecule has 3 rings (SSSR count). The zero-order chi connectivity index (χ0) is 14.1. The molecule has 1 amide bonds. The van der Waals surface area contributed by atoms with Gasteiger partial charge in [0.2, 0.25) is 0 Å². The van der Waals surface area contributed by atoms with Crippen molar-refractivity contribution in [3.63, 3.8) is 0 Å². The van der Waals surface area contributed by atoms with Gasteiger partial charge in [0.05, 0.1) is 11.2 Å². The number of aryl methyl sites for hydroxylation is 1. The molecule has 0 aliphatic rings. The molecular weight excluding hydrogens is 365 g/mol. The van der Waals surface area contributed by atoms with Crippen LogP contribution in [0, 0.1) is 3.57 Å². The topological polar surface area (TPSA) is 46.9 Å². The first-order valence-electron chi connectivity index (χ1n) is 6.14. The van der Waals surface area contributed by atoms with Crippen LogP contribution in [0.3, 0.4) is 0 Å². The van der Waals surface area contributed by atoms with E-state index in [1.807, 2.05) is 55.6 Å². The summed E-state index contributed by atoms with van der Waals surface area (Å²) < 4.78 is 2.72. The third kappa shape index (κ3) is 2.29. The average molecular weight is 377 g/mol. The molecule has 0 saturated heterocycles. The molecule has 0 bridgehead atoms. The SMILES string of the molecule is Cn1nc(C(=O)Nc2ccccc2I)c2ccccc21. The molecule has 0 aliphatic carbocycles. The molecule has 0 spiro atoms. The van der Waals surface area contributed by atoms with E-state index in [4.69, 9.17) is 0 Å². The standard InChI is InChI=1S/C15H12IN3O/c1-19-13-9-5-2-6-10(13)14(18-19)15(20)17-12-8-4-3-7-11(12)16/h2-9H,1H3,(H,17,20). The summed E-state index contributed by atoms with van der Waals surface area (Å²) in [4.78, 5) is 12.4. The number of nitrogens with zero attached hydrogens (tertiary/aromatic N) is 2. The number of hydrogen-bond donors (Lipinski definition) is 1. The summed E-state index contributed by atoms with van der Waals surface area (Å²) >= 11 is 2.20. The molecule has 2 aromatic carbocycles. The highest BCUT2D eigenvalue weighted by atomic mass is 127. The van der Waals surface area contributed by atoms with E-state index in [1.54, 1.807) is 4.68 Å². The van der Waals surface area contributed by atoms with Crippen LogP contribution in [-0.4, -0.2) is 15.7 Å². The van der Waals surface area contributed by atoms with E-state index in [1.165, 1.54) is 0 Å². The Bertz CT molecular complexity index is 795. The third-order valence-electron chi connectivity index (χ3n) is 3.09. The number of hydrogen-bond acceptors (Lipinski definition) is 2. The van der Waals surface area contributed by atoms with Crippen molar-refractivity contribution in [2.24, 2.45) is 7.05 Å². The predicted molar refractivity (Wildman–Crippen MR) is 87.8 cm³/mol. The first kappa shape index (κ1) is 13.1. The third-order valence-corrected chi connectivity index (χ3v) is 4.04. The van der Waals surface area contributed by atoms with Crippen LogP contribution in [0.25, 0.3) is 10.9 Å². The number of amides is 1. The lowest BCUT2D eigenvalue weighted by Crippen LogP contribution is -2.14. The zero-order valence-corrected chi connectivity index (χ0v) is 13.0. The number of carbonyl (C=O) groups excluding carboxylic acids is 1. The molecule has 0 radical (unpaired) electrons. The number of anilines is 1. The summed E-state index contributed by atoms with van der Waals surface area (Å²) in [6.45, 7) is 0. The van der Waals surface area contributed by atoms with Crippen molar-refractivity contribution in [3.8, 4) is 0 Å². The number of rotatable bonds is 2. The van der Waals surface area contributed by atoms with Crippen LogP contribution in [0.1, 0.15) is 10.5 Å². The van der Waals surface area contributed by atoms with Gasteiger partial charge in [0.1, 0.15) is 0 Å². The number of fused-ring (bicyclic) bond motifs is 1. The first-order chi connectivity index (χ1) is 9.66. The molecule has 100 valence electrons. The van der Waals surface area contributed by atoms with Crippen LogP contribution in [0.15, 0.2) is 48.5 Å². The van der Waals surface area contributed by atoms with Crippen molar-refractivity contribution in [2.45, 2.75) is 0 Å². The van der Waals surface area contributed by atoms with Gasteiger partial charge in [-0.2, -0.15) is 5.10 Å². The molecule has 4 nitrogen and oxygen atoms in total. The molecule has 20 heavy (non-hydrogen) atoms. The molecule has 0 saturated carbocycles. The van der Waals surface area contributed by atoms with Crippen LogP contribution in [-0.2, 0) is 7.05 Å². The lowest BCUT2D eigenvalue weighted by Gasteiger charge is -2.05. The van der Waals surface area contributed by atoms with Crippen molar-refractivity contribution in [1.29, 1.82) is 0 Å². The lowest BCUT2D eigenvalue weighted by atomic mass is 10.2. The maximum Gasteiger partial charge on any atom is 0.276 e. The lowest BCUT2D eigenvalue weighted by molar-refractivity contribution is 0.102. The predicted octanol–water partition coefficient (Wildman–Crippen LogP) is 3.43. The van der Waals surface area contributed by atoms with Gasteiger partial charge in [-0.05, 0) is 40.8 Å². The van der Waals surface area contributed by atoms with E-state index in [-0.39, 0.29) is 5.91 Å². The quantitative estimate of drug-likeness (QED) is 0.696. The van der Waals surface area contributed by atoms with Crippen molar-refractivity contribution in [1.82, 2.24) is 9.78 Å². The molecule has 3 aromatic rings. The Morgan fingerprint density at radius 3 is 2.65 bits per heavy atom. The first-order valence-corrected chi connectivity index (χ1v) is 7.22. The monoisotopic (exact) mass is 377 g/mol. The van der Waals surface area contributed by atoms with Gasteiger partial charge in [-0.15, -0.1) is 0 Å². The second kappa shape index (κ2) is 5.24. The summed E-state index contributed by atoms with van der Waals surface area (Å²) in [7, 11) is 1.84. The van der Waals surface area contributed by atoms with E-state index in [0.29, 0.717) is 5.69 Å². The molecule has 1 heterocycles. The Balaban J connectivity index is 2.00. The fraction of sp³-hybridized carbons (Fsp3) is 0.0667. The highest BCUT2D eigenvalue weighted by molar-refractivity contribution is 14.1. The maximum absolute atomic E-state index is 12.4. The van der Waals surface area contributed by atoms with E-state index in [0.717, 1.165) is 20.2 Å². The van der Waals surface area contributed by atoms with E-state index in [2.05, 4.69) is 33.0 Å². The van der Waals surface area contributed by atoms with Gasteiger partial charge in [-0.1, -0.05) is 30.3 Å². The Labute approximate surface area is 129 Å². The highest BCUT2D eigenvalue weighted by Gasteiger charge is 2.16. The molecule has 0 aliphatic heterocycles. The van der Waals surface area contributed by atoms with Gasteiger partial charge < -0.3 is 5.32 Å². The summed E-state index contributed by atoms with van der Waals surface area (Å²) in [6, 6.07) is 15.4. The minimum atomic E-state index is -0.189. The summed E-state index contributed by atoms with van der Waals surface area (Å²) in [5.74, 6) is -0.189. The number of benzene rings is 2. The number of carbonyl (C=O) groups is 1. The summed E-state index contributed by atoms with van der Waals surface area (Å²) in [5.41, 5.74) is 2.19. The van der Waals surface area contributed by atoms with Crippen LogP contribution in [0.4, 0.5) is 5.69 Å². The number of nitrogens with one attached hydrogen (secondary N) is 1. The minimum Gasteiger partial charge on any atom is -0.320 e. The van der Waals surface area contributed by atoms with E-state index >= 15 is 0 Å². The van der Waals surface area contributed by atoms with Gasteiger partial charge in [-0.25, -0.2) is 0 Å². The Morgan fingerprint density at radius 1 is 1.15 bits per heavy atom. The Kier molecular flexibility index (Phi) is 3.43. The van der Waals surface area contributed by atoms with Gasteiger partial charge in [0.25, 0.3) is 5.91 Å². The largest absolute Gasteiger partial charge is 0.320 e. The molecule has 1 aromatic heterocycles. The second-order valence-corrected chi connectivity index (χ2v) is 5.59. The van der Waals surface area contributed by atoms with Crippen LogP contribution < -0.4 is 5.32 Å². The summed E-state index contributed by atoms with van der Waals surface area (Å²) in [5, 5.41) is 8.09. The molecular formula is C15H12IN3O. The highest BCUT2D eigenvalue weighted by Crippen LogP contribution is 2.21.